The molecule has 0 aliphatic rings. The monoisotopic (exact) mass is 238 g/mol. The molecule has 2 rings (SSSR count). The normalized spacial score (nSPS) is 11.6. The van der Waals surface area contributed by atoms with Gasteiger partial charge >= 0.3 is 0 Å². The van der Waals surface area contributed by atoms with Crippen molar-refractivity contribution in [3.05, 3.63) is 70.8 Å². The third-order valence-corrected chi connectivity index (χ3v) is 2.94. The number of hydrogen-bond acceptors (Lipinski definition) is 2. The molecule has 2 nitrogen and oxygen atoms in total. The Morgan fingerprint density at radius 2 is 1.56 bits per heavy atom. The van der Waals surface area contributed by atoms with Crippen LogP contribution in [0.2, 0.25) is 0 Å². The highest BCUT2D eigenvalue weighted by atomic mass is 16.3. The minimum Gasteiger partial charge on any atom is -0.858 e. The Morgan fingerprint density at radius 1 is 0.944 bits per heavy atom. The molecule has 0 radical (unpaired) electrons. The predicted molar refractivity (Wildman–Crippen MR) is 72.6 cm³/mol. The lowest BCUT2D eigenvalue weighted by Crippen LogP contribution is -2.21. The van der Waals surface area contributed by atoms with Crippen LogP contribution in [0.5, 0.6) is 0 Å². The second-order valence-corrected chi connectivity index (χ2v) is 4.37. The summed E-state index contributed by atoms with van der Waals surface area (Å²) in [6.07, 6.45) is 0. The van der Waals surface area contributed by atoms with Gasteiger partial charge in [0.1, 0.15) is 0 Å². The van der Waals surface area contributed by atoms with E-state index in [0.717, 1.165) is 22.3 Å². The van der Waals surface area contributed by atoms with Crippen LogP contribution >= 0.6 is 0 Å². The molecule has 0 saturated heterocycles. The second-order valence-electron chi connectivity index (χ2n) is 4.37. The summed E-state index contributed by atoms with van der Waals surface area (Å²) in [6, 6.07) is 15.7. The Morgan fingerprint density at radius 3 is 2.17 bits per heavy atom. The molecule has 2 aromatic rings. The van der Waals surface area contributed by atoms with E-state index in [4.69, 9.17) is 0 Å². The first-order valence-corrected chi connectivity index (χ1v) is 6.00. The van der Waals surface area contributed by atoms with Crippen molar-refractivity contribution in [1.29, 1.82) is 0 Å². The van der Waals surface area contributed by atoms with E-state index in [-0.39, 0.29) is 5.90 Å². The molecule has 0 fully saturated rings. The predicted octanol–water partition coefficient (Wildman–Crippen LogP) is 2.61. The number of aryl methyl sites for hydroxylation is 2. The van der Waals surface area contributed by atoms with Crippen molar-refractivity contribution in [2.24, 2.45) is 4.99 Å². The summed E-state index contributed by atoms with van der Waals surface area (Å²) in [7, 11) is 0. The zero-order valence-corrected chi connectivity index (χ0v) is 10.7. The maximum Gasteiger partial charge on any atom is 0.0632 e. The van der Waals surface area contributed by atoms with Crippen LogP contribution < -0.4 is 5.11 Å². The van der Waals surface area contributed by atoms with Crippen molar-refractivity contribution in [3.63, 3.8) is 0 Å². The molecule has 0 amide bonds. The van der Waals surface area contributed by atoms with Crippen LogP contribution in [0, 0.1) is 13.8 Å². The van der Waals surface area contributed by atoms with Gasteiger partial charge in [-0.1, -0.05) is 48.5 Å². The first-order valence-electron chi connectivity index (χ1n) is 6.00. The minimum atomic E-state index is -0.130. The maximum absolute atomic E-state index is 12.1. The van der Waals surface area contributed by atoms with Gasteiger partial charge in [-0.25, -0.2) is 0 Å². The van der Waals surface area contributed by atoms with Crippen LogP contribution in [0.3, 0.4) is 0 Å². The first kappa shape index (κ1) is 12.4. The Labute approximate surface area is 108 Å². The number of hydrogen-bond donors (Lipinski definition) is 0. The summed E-state index contributed by atoms with van der Waals surface area (Å²) in [5.74, 6) is -0.130. The molecule has 92 valence electrons. The average Bonchev–Trinajstić information content (AvgIpc) is 2.37. The fraction of sp³-hybridized carbons (Fsp3) is 0.188. The molecule has 0 aromatic heterocycles. The molecule has 0 unspecified atom stereocenters. The van der Waals surface area contributed by atoms with Crippen LogP contribution in [0.15, 0.2) is 53.5 Å². The molecule has 0 saturated carbocycles. The van der Waals surface area contributed by atoms with Crippen LogP contribution in [0.1, 0.15) is 22.3 Å². The Kier molecular flexibility index (Phi) is 3.78. The summed E-state index contributed by atoms with van der Waals surface area (Å²) in [6.45, 7) is 4.32. The van der Waals surface area contributed by atoms with E-state index in [2.05, 4.69) is 4.99 Å². The number of aliphatic imine (C=N–C) groups is 1. The zero-order chi connectivity index (χ0) is 13.0. The van der Waals surface area contributed by atoms with Gasteiger partial charge in [-0.05, 0) is 42.0 Å². The molecular weight excluding hydrogens is 222 g/mol. The van der Waals surface area contributed by atoms with Crippen LogP contribution in [0.4, 0.5) is 0 Å². The Bertz CT molecular complexity index is 538. The van der Waals surface area contributed by atoms with E-state index in [1.165, 1.54) is 0 Å². The van der Waals surface area contributed by atoms with Crippen LogP contribution in [0.25, 0.3) is 0 Å². The third kappa shape index (κ3) is 2.77. The summed E-state index contributed by atoms with van der Waals surface area (Å²) in [5, 5.41) is 12.1. The van der Waals surface area contributed by atoms with Crippen molar-refractivity contribution in [2.45, 2.75) is 20.4 Å². The third-order valence-electron chi connectivity index (χ3n) is 2.94. The quantitative estimate of drug-likeness (QED) is 0.598. The molecule has 0 aliphatic carbocycles. The smallest absolute Gasteiger partial charge is 0.0632 e. The van der Waals surface area contributed by atoms with Gasteiger partial charge in [-0.15, -0.1) is 0 Å². The molecule has 0 bridgehead atoms. The van der Waals surface area contributed by atoms with Gasteiger partial charge in [0.2, 0.25) is 0 Å². The number of benzene rings is 2. The van der Waals surface area contributed by atoms with Gasteiger partial charge in [0.25, 0.3) is 0 Å². The first-order chi connectivity index (χ1) is 8.68. The molecule has 0 atom stereocenters. The van der Waals surface area contributed by atoms with Gasteiger partial charge in [0, 0.05) is 0 Å². The SMILES string of the molecule is Cc1cccc(C)c1C([O-])=NCc1ccccc1. The Hall–Kier alpha value is -2.09. The van der Waals surface area contributed by atoms with Gasteiger partial charge in [0.05, 0.1) is 6.54 Å². The van der Waals surface area contributed by atoms with Gasteiger partial charge in [-0.2, -0.15) is 0 Å². The number of rotatable bonds is 3. The number of nitrogens with zero attached hydrogens (tertiary/aromatic N) is 1. The van der Waals surface area contributed by atoms with Crippen molar-refractivity contribution < 1.29 is 5.11 Å². The fourth-order valence-corrected chi connectivity index (χ4v) is 1.98. The van der Waals surface area contributed by atoms with Crippen molar-refractivity contribution >= 4 is 5.90 Å². The van der Waals surface area contributed by atoms with E-state index in [0.29, 0.717) is 6.54 Å². The standard InChI is InChI=1S/C16H17NO/c1-12-7-6-8-13(2)15(12)16(18)17-11-14-9-4-3-5-10-14/h3-10H,11H2,1-2H3,(H,17,18)/p-1. The lowest BCUT2D eigenvalue weighted by atomic mass is 10.0. The Balaban J connectivity index is 2.24. The van der Waals surface area contributed by atoms with Gasteiger partial charge in [0.15, 0.2) is 0 Å². The minimum absolute atomic E-state index is 0.130. The lowest BCUT2D eigenvalue weighted by molar-refractivity contribution is -0.213. The largest absolute Gasteiger partial charge is 0.858 e. The zero-order valence-electron chi connectivity index (χ0n) is 10.7. The summed E-state index contributed by atoms with van der Waals surface area (Å²) < 4.78 is 0. The highest BCUT2D eigenvalue weighted by Gasteiger charge is 2.01. The highest BCUT2D eigenvalue weighted by molar-refractivity contribution is 5.93. The molecular formula is C16H16NO-. The topological polar surface area (TPSA) is 35.4 Å². The van der Waals surface area contributed by atoms with Gasteiger partial charge < -0.3 is 5.11 Å². The fourth-order valence-electron chi connectivity index (χ4n) is 1.98. The van der Waals surface area contributed by atoms with Crippen molar-refractivity contribution in [2.75, 3.05) is 0 Å². The van der Waals surface area contributed by atoms with E-state index in [1.54, 1.807) is 0 Å². The van der Waals surface area contributed by atoms with E-state index in [9.17, 15) is 5.11 Å². The molecule has 18 heavy (non-hydrogen) atoms. The summed E-state index contributed by atoms with van der Waals surface area (Å²) in [5.41, 5.74) is 3.75. The highest BCUT2D eigenvalue weighted by Crippen LogP contribution is 2.13. The molecule has 2 heteroatoms. The lowest BCUT2D eigenvalue weighted by Gasteiger charge is -2.16. The van der Waals surface area contributed by atoms with Crippen LogP contribution in [-0.4, -0.2) is 5.90 Å². The van der Waals surface area contributed by atoms with Crippen molar-refractivity contribution in [1.82, 2.24) is 0 Å². The maximum atomic E-state index is 12.1. The summed E-state index contributed by atoms with van der Waals surface area (Å²) >= 11 is 0. The van der Waals surface area contributed by atoms with Crippen LogP contribution in [-0.2, 0) is 6.54 Å². The van der Waals surface area contributed by atoms with E-state index in [1.807, 2.05) is 62.4 Å². The van der Waals surface area contributed by atoms with E-state index < -0.39 is 0 Å². The summed E-state index contributed by atoms with van der Waals surface area (Å²) in [4.78, 5) is 4.15. The molecule has 0 heterocycles. The second kappa shape index (κ2) is 5.50. The van der Waals surface area contributed by atoms with Crippen molar-refractivity contribution in [3.8, 4) is 0 Å². The molecule has 0 N–H and O–H groups in total. The molecule has 0 spiro atoms. The molecule has 2 aromatic carbocycles. The van der Waals surface area contributed by atoms with Gasteiger partial charge in [-0.3, -0.25) is 4.99 Å². The van der Waals surface area contributed by atoms with E-state index >= 15 is 0 Å². The average molecular weight is 238 g/mol. The molecule has 0 aliphatic heterocycles.